The molecule has 1 unspecified atom stereocenters. The molecular formula is C34H32Cl2N2O5S2. The molecule has 2 aliphatic rings. The van der Waals surface area contributed by atoms with Crippen LogP contribution in [0, 0.1) is 19.8 Å². The van der Waals surface area contributed by atoms with Gasteiger partial charge < -0.3 is 0 Å². The van der Waals surface area contributed by atoms with Crippen molar-refractivity contribution in [1.82, 2.24) is 8.61 Å². The predicted molar refractivity (Wildman–Crippen MR) is 175 cm³/mol. The molecule has 234 valence electrons. The highest BCUT2D eigenvalue weighted by atomic mass is 35.5. The van der Waals surface area contributed by atoms with Crippen molar-refractivity contribution in [3.63, 3.8) is 0 Å². The van der Waals surface area contributed by atoms with E-state index in [1.165, 1.54) is 8.61 Å². The van der Waals surface area contributed by atoms with Crippen LogP contribution in [0.25, 0.3) is 0 Å². The first-order chi connectivity index (χ1) is 21.4. The van der Waals surface area contributed by atoms with Gasteiger partial charge in [0.15, 0.2) is 0 Å². The second-order valence-corrected chi connectivity index (χ2v) is 16.4. The molecule has 0 radical (unpaired) electrons. The Hall–Kier alpha value is -3.05. The number of sulfonamides is 2. The molecular weight excluding hydrogens is 651 g/mol. The fourth-order valence-corrected chi connectivity index (χ4v) is 10.2. The molecule has 0 spiro atoms. The molecule has 0 N–H and O–H groups in total. The second-order valence-electron chi connectivity index (χ2n) is 11.8. The normalized spacial score (nSPS) is 23.1. The van der Waals surface area contributed by atoms with Crippen LogP contribution < -0.4 is 0 Å². The van der Waals surface area contributed by atoms with E-state index in [2.05, 4.69) is 0 Å². The zero-order valence-electron chi connectivity index (χ0n) is 24.7. The zero-order chi connectivity index (χ0) is 32.1. The van der Waals surface area contributed by atoms with Crippen molar-refractivity contribution in [2.75, 3.05) is 6.54 Å². The molecule has 4 atom stereocenters. The van der Waals surface area contributed by atoms with Crippen molar-refractivity contribution < 1.29 is 21.6 Å². The Morgan fingerprint density at radius 3 is 1.56 bits per heavy atom. The van der Waals surface area contributed by atoms with Gasteiger partial charge in [0.25, 0.3) is 0 Å². The molecule has 2 aliphatic heterocycles. The maximum Gasteiger partial charge on any atom is 0.243 e. The average molecular weight is 684 g/mol. The van der Waals surface area contributed by atoms with Gasteiger partial charge in [0.2, 0.25) is 20.0 Å². The van der Waals surface area contributed by atoms with Crippen LogP contribution in [0.4, 0.5) is 0 Å². The van der Waals surface area contributed by atoms with Crippen molar-refractivity contribution in [3.8, 4) is 0 Å². The van der Waals surface area contributed by atoms with Gasteiger partial charge in [-0.3, -0.25) is 4.79 Å². The molecule has 0 bridgehead atoms. The Morgan fingerprint density at radius 1 is 0.622 bits per heavy atom. The van der Waals surface area contributed by atoms with E-state index in [0.29, 0.717) is 21.2 Å². The summed E-state index contributed by atoms with van der Waals surface area (Å²) in [5, 5.41) is 0.976. The van der Waals surface area contributed by atoms with E-state index in [1.807, 2.05) is 13.8 Å². The number of piperidine rings is 2. The van der Waals surface area contributed by atoms with Gasteiger partial charge in [0, 0.05) is 35.0 Å². The maximum absolute atomic E-state index is 14.6. The Labute approximate surface area is 274 Å². The summed E-state index contributed by atoms with van der Waals surface area (Å²) in [5.41, 5.74) is 3.11. The highest BCUT2D eigenvalue weighted by Crippen LogP contribution is 2.48. The number of fused-ring (bicyclic) bond motifs is 1. The van der Waals surface area contributed by atoms with Crippen molar-refractivity contribution in [2.45, 2.75) is 54.6 Å². The van der Waals surface area contributed by atoms with Gasteiger partial charge in [-0.2, -0.15) is 8.61 Å². The number of ketones is 1. The third-order valence-electron chi connectivity index (χ3n) is 8.83. The number of aryl methyl sites for hydroxylation is 2. The molecule has 45 heavy (non-hydrogen) atoms. The first kappa shape index (κ1) is 31.9. The first-order valence-electron chi connectivity index (χ1n) is 14.6. The van der Waals surface area contributed by atoms with E-state index in [-0.39, 0.29) is 35.0 Å². The number of carbonyl (C=O) groups is 1. The van der Waals surface area contributed by atoms with Crippen LogP contribution in [0.5, 0.6) is 0 Å². The molecule has 2 saturated heterocycles. The van der Waals surface area contributed by atoms with Gasteiger partial charge in [-0.1, -0.05) is 82.9 Å². The van der Waals surface area contributed by atoms with Gasteiger partial charge in [0.05, 0.1) is 21.9 Å². The Kier molecular flexibility index (Phi) is 8.71. The quantitative estimate of drug-likeness (QED) is 0.216. The average Bonchev–Trinajstić information content (AvgIpc) is 3.01. The summed E-state index contributed by atoms with van der Waals surface area (Å²) in [7, 11) is -8.22. The van der Waals surface area contributed by atoms with Crippen molar-refractivity contribution in [3.05, 3.63) is 129 Å². The number of benzene rings is 4. The lowest BCUT2D eigenvalue weighted by molar-refractivity contribution is -0.132. The van der Waals surface area contributed by atoms with E-state index in [1.54, 1.807) is 97.1 Å². The van der Waals surface area contributed by atoms with Crippen LogP contribution in [0.2, 0.25) is 10.0 Å². The number of Topliss-reactive ketones (excluding diaryl/α,β-unsaturated/α-hetero) is 1. The van der Waals surface area contributed by atoms with Gasteiger partial charge in [-0.15, -0.1) is 0 Å². The van der Waals surface area contributed by atoms with Gasteiger partial charge in [-0.05, 0) is 79.9 Å². The smallest absolute Gasteiger partial charge is 0.243 e. The minimum Gasteiger partial charge on any atom is -0.299 e. The lowest BCUT2D eigenvalue weighted by Crippen LogP contribution is -2.60. The molecule has 0 saturated carbocycles. The number of hydrogen-bond acceptors (Lipinski definition) is 5. The third-order valence-corrected chi connectivity index (χ3v) is 13.2. The summed E-state index contributed by atoms with van der Waals surface area (Å²) in [6.45, 7) is 3.59. The summed E-state index contributed by atoms with van der Waals surface area (Å²) in [5.74, 6) is -1.06. The molecule has 2 heterocycles. The van der Waals surface area contributed by atoms with Crippen LogP contribution >= 0.6 is 23.2 Å². The van der Waals surface area contributed by atoms with Gasteiger partial charge >= 0.3 is 0 Å². The summed E-state index contributed by atoms with van der Waals surface area (Å²) >= 11 is 12.4. The molecule has 0 aliphatic carbocycles. The number of hydrogen-bond donors (Lipinski definition) is 0. The summed E-state index contributed by atoms with van der Waals surface area (Å²) in [6.07, 6.45) is -0.0315. The summed E-state index contributed by atoms with van der Waals surface area (Å²) < 4.78 is 60.4. The summed E-state index contributed by atoms with van der Waals surface area (Å²) in [6, 6.07) is 24.5. The maximum atomic E-state index is 14.6. The highest BCUT2D eigenvalue weighted by Gasteiger charge is 2.54. The van der Waals surface area contributed by atoms with E-state index >= 15 is 0 Å². The molecule has 11 heteroatoms. The summed E-state index contributed by atoms with van der Waals surface area (Å²) in [4.78, 5) is 14.2. The largest absolute Gasteiger partial charge is 0.299 e. The minimum absolute atomic E-state index is 0.0678. The van der Waals surface area contributed by atoms with E-state index in [0.717, 1.165) is 11.1 Å². The number of carbonyl (C=O) groups excluding carboxylic acids is 1. The molecule has 7 nitrogen and oxygen atoms in total. The fourth-order valence-electron chi connectivity index (χ4n) is 6.44. The monoisotopic (exact) mass is 682 g/mol. The topological polar surface area (TPSA) is 91.8 Å². The Bertz CT molecular complexity index is 1930. The van der Waals surface area contributed by atoms with Crippen LogP contribution in [0.3, 0.4) is 0 Å². The number of rotatable bonds is 6. The molecule has 6 rings (SSSR count). The van der Waals surface area contributed by atoms with Gasteiger partial charge in [-0.25, -0.2) is 16.8 Å². The first-order valence-corrected chi connectivity index (χ1v) is 18.2. The molecule has 2 fully saturated rings. The fraction of sp³-hybridized carbons (Fsp3) is 0.265. The lowest BCUT2D eigenvalue weighted by Gasteiger charge is -2.51. The molecule has 4 aromatic rings. The van der Waals surface area contributed by atoms with E-state index < -0.39 is 44.1 Å². The lowest BCUT2D eigenvalue weighted by atomic mass is 9.77. The number of nitrogens with zero attached hydrogens (tertiary/aromatic N) is 2. The van der Waals surface area contributed by atoms with E-state index in [9.17, 15) is 21.6 Å². The minimum atomic E-state index is -4.14. The van der Waals surface area contributed by atoms with Crippen LogP contribution in [0.15, 0.2) is 107 Å². The van der Waals surface area contributed by atoms with Crippen LogP contribution in [-0.4, -0.2) is 43.8 Å². The van der Waals surface area contributed by atoms with Crippen molar-refractivity contribution in [1.29, 1.82) is 0 Å². The number of halogens is 2. The third kappa shape index (κ3) is 6.10. The van der Waals surface area contributed by atoms with E-state index in [4.69, 9.17) is 23.2 Å². The zero-order valence-corrected chi connectivity index (χ0v) is 27.8. The van der Waals surface area contributed by atoms with Crippen molar-refractivity contribution >= 4 is 49.0 Å². The molecule has 0 amide bonds. The SMILES string of the molecule is Cc1ccc(S(=O)(=O)N2C[C@H]3C(=O)C[C@@H](c4ccc(Cl)cc4)N(S(=O)(=O)c4ccc(C)cc4)[C@H]3CC2c2ccc(Cl)cc2)cc1. The Balaban J connectivity index is 1.51. The standard InChI is InChI=1S/C34H32Cl2N2O5S2/c1-22-3-15-28(16-4-22)44(40,41)37-21-30-33(19-31(37)24-7-11-26(35)12-8-24)38(45(42,43)29-17-5-23(2)6-18-29)32(20-34(30)39)25-9-13-27(36)14-10-25/h3-18,30-33H,19-21H2,1-2H3/t30-,31?,32+,33+/m1/s1. The predicted octanol–water partition coefficient (Wildman–Crippen LogP) is 7.14. The van der Waals surface area contributed by atoms with Crippen LogP contribution in [0.1, 0.15) is 47.2 Å². The molecule has 0 aromatic heterocycles. The van der Waals surface area contributed by atoms with Gasteiger partial charge in [0.1, 0.15) is 5.78 Å². The van der Waals surface area contributed by atoms with Crippen LogP contribution in [-0.2, 0) is 24.8 Å². The Morgan fingerprint density at radius 2 is 1.07 bits per heavy atom. The molecule has 4 aromatic carbocycles. The highest BCUT2D eigenvalue weighted by molar-refractivity contribution is 7.89. The second kappa shape index (κ2) is 12.3. The van der Waals surface area contributed by atoms with Crippen molar-refractivity contribution in [2.24, 2.45) is 5.92 Å².